The Bertz CT molecular complexity index is 323. The van der Waals surface area contributed by atoms with Crippen LogP contribution in [-0.4, -0.2) is 24.2 Å². The predicted octanol–water partition coefficient (Wildman–Crippen LogP) is 0.713. The molecule has 0 aliphatic carbocycles. The van der Waals surface area contributed by atoms with Gasteiger partial charge in [0.25, 0.3) is 0 Å². The lowest BCUT2D eigenvalue weighted by molar-refractivity contribution is 0.217. The lowest BCUT2D eigenvalue weighted by Gasteiger charge is -2.27. The van der Waals surface area contributed by atoms with Gasteiger partial charge < -0.3 is 15.8 Å². The largest absolute Gasteiger partial charge is 0.490 e. The highest BCUT2D eigenvalue weighted by atomic mass is 16.5. The van der Waals surface area contributed by atoms with E-state index < -0.39 is 0 Å². The lowest BCUT2D eigenvalue weighted by Crippen LogP contribution is -2.46. The number of pyridine rings is 1. The second kappa shape index (κ2) is 3.84. The summed E-state index contributed by atoms with van der Waals surface area (Å²) in [6.07, 6.45) is 2.90. The molecule has 2 rings (SSSR count). The molecule has 4 nitrogen and oxygen atoms in total. The first-order valence-electron chi connectivity index (χ1n) is 4.84. The van der Waals surface area contributed by atoms with E-state index >= 15 is 0 Å². The van der Waals surface area contributed by atoms with Crippen molar-refractivity contribution in [2.24, 2.45) is 0 Å². The number of nitrogens with two attached hydrogens (primary N) is 1. The van der Waals surface area contributed by atoms with E-state index in [0.717, 1.165) is 18.0 Å². The quantitative estimate of drug-likeness (QED) is 0.742. The Morgan fingerprint density at radius 2 is 2.50 bits per heavy atom. The number of rotatable bonds is 3. The van der Waals surface area contributed by atoms with E-state index in [4.69, 9.17) is 10.5 Å². The number of aromatic nitrogens is 1. The molecule has 3 N–H and O–H groups in total. The summed E-state index contributed by atoms with van der Waals surface area (Å²) in [5.74, 6) is 0.752. The molecule has 0 radical (unpaired) electrons. The molecule has 1 aliphatic rings. The van der Waals surface area contributed by atoms with Crippen LogP contribution in [0.3, 0.4) is 0 Å². The number of nitrogens with zero attached hydrogens (tertiary/aromatic N) is 1. The van der Waals surface area contributed by atoms with Crippen molar-refractivity contribution < 1.29 is 4.74 Å². The van der Waals surface area contributed by atoms with Gasteiger partial charge in [0.2, 0.25) is 0 Å². The van der Waals surface area contributed by atoms with E-state index in [9.17, 15) is 0 Å². The van der Waals surface area contributed by atoms with Crippen LogP contribution >= 0.6 is 0 Å². The molecule has 1 saturated heterocycles. The monoisotopic (exact) mass is 193 g/mol. The Morgan fingerprint density at radius 3 is 3.07 bits per heavy atom. The maximum absolute atomic E-state index is 5.72. The minimum absolute atomic E-state index is 0.498. The highest BCUT2D eigenvalue weighted by Crippen LogP contribution is 2.17. The fourth-order valence-corrected chi connectivity index (χ4v) is 1.30. The maximum atomic E-state index is 5.72. The molecule has 1 aliphatic heterocycles. The molecule has 0 unspecified atom stereocenters. The minimum atomic E-state index is 0.498. The Kier molecular flexibility index (Phi) is 2.54. The smallest absolute Gasteiger partial charge is 0.139 e. The third kappa shape index (κ3) is 1.96. The predicted molar refractivity (Wildman–Crippen MR) is 55.3 cm³/mol. The van der Waals surface area contributed by atoms with Gasteiger partial charge in [0.15, 0.2) is 0 Å². The first-order chi connectivity index (χ1) is 6.75. The molecule has 1 atom stereocenters. The van der Waals surface area contributed by atoms with Gasteiger partial charge in [0.1, 0.15) is 12.4 Å². The standard InChI is InChI=1S/C10H15N3O/c1-7-10(11)4-9(5-13-7)14-6-8-2-3-12-8/h4-5,8,12H,2-3,6,11H2,1H3/t8-/m0/s1. The first-order valence-corrected chi connectivity index (χ1v) is 4.84. The summed E-state index contributed by atoms with van der Waals surface area (Å²) in [5, 5.41) is 3.27. The molecule has 1 fully saturated rings. The fraction of sp³-hybridized carbons (Fsp3) is 0.500. The molecule has 4 heteroatoms. The molecule has 1 aromatic rings. The van der Waals surface area contributed by atoms with Crippen molar-refractivity contribution in [3.05, 3.63) is 18.0 Å². The van der Waals surface area contributed by atoms with Gasteiger partial charge in [-0.15, -0.1) is 0 Å². The number of aryl methyl sites for hydroxylation is 1. The van der Waals surface area contributed by atoms with Gasteiger partial charge in [-0.1, -0.05) is 0 Å². The molecule has 14 heavy (non-hydrogen) atoms. The van der Waals surface area contributed by atoms with Gasteiger partial charge in [-0.3, -0.25) is 4.98 Å². The zero-order valence-electron chi connectivity index (χ0n) is 8.29. The first kappa shape index (κ1) is 9.27. The van der Waals surface area contributed by atoms with Gasteiger partial charge in [0.05, 0.1) is 17.6 Å². The summed E-state index contributed by atoms with van der Waals surface area (Å²) in [4.78, 5) is 4.13. The molecule has 1 aromatic heterocycles. The Balaban J connectivity index is 1.91. The van der Waals surface area contributed by atoms with Crippen LogP contribution in [0.4, 0.5) is 5.69 Å². The van der Waals surface area contributed by atoms with Crippen molar-refractivity contribution in [3.63, 3.8) is 0 Å². The topological polar surface area (TPSA) is 60.2 Å². The Labute approximate surface area is 83.5 Å². The van der Waals surface area contributed by atoms with Crippen LogP contribution in [0, 0.1) is 6.92 Å². The van der Waals surface area contributed by atoms with Crippen molar-refractivity contribution in [1.29, 1.82) is 0 Å². The van der Waals surface area contributed by atoms with Gasteiger partial charge in [-0.05, 0) is 19.9 Å². The molecule has 0 amide bonds. The summed E-state index contributed by atoms with van der Waals surface area (Å²) >= 11 is 0. The summed E-state index contributed by atoms with van der Waals surface area (Å²) in [5.41, 5.74) is 7.25. The van der Waals surface area contributed by atoms with Crippen LogP contribution < -0.4 is 15.8 Å². The highest BCUT2D eigenvalue weighted by molar-refractivity contribution is 5.46. The van der Waals surface area contributed by atoms with Crippen molar-refractivity contribution in [3.8, 4) is 5.75 Å². The molecular weight excluding hydrogens is 178 g/mol. The average Bonchev–Trinajstić information content (AvgIpc) is 2.08. The normalized spacial score (nSPS) is 20.2. The zero-order valence-corrected chi connectivity index (χ0v) is 8.29. The Morgan fingerprint density at radius 1 is 1.71 bits per heavy atom. The Hall–Kier alpha value is -1.29. The van der Waals surface area contributed by atoms with Crippen LogP contribution in [-0.2, 0) is 0 Å². The van der Waals surface area contributed by atoms with E-state index in [-0.39, 0.29) is 0 Å². The van der Waals surface area contributed by atoms with Crippen molar-refractivity contribution in [2.75, 3.05) is 18.9 Å². The molecule has 0 bridgehead atoms. The van der Waals surface area contributed by atoms with E-state index in [1.165, 1.54) is 6.42 Å². The minimum Gasteiger partial charge on any atom is -0.490 e. The van der Waals surface area contributed by atoms with Crippen LogP contribution in [0.2, 0.25) is 0 Å². The molecule has 76 valence electrons. The van der Waals surface area contributed by atoms with Gasteiger partial charge >= 0.3 is 0 Å². The third-order valence-corrected chi connectivity index (χ3v) is 2.48. The second-order valence-corrected chi connectivity index (χ2v) is 3.60. The zero-order chi connectivity index (χ0) is 9.97. The van der Waals surface area contributed by atoms with Crippen molar-refractivity contribution >= 4 is 5.69 Å². The number of nitrogens with one attached hydrogen (secondary N) is 1. The van der Waals surface area contributed by atoms with Crippen LogP contribution in [0.25, 0.3) is 0 Å². The molecule has 2 heterocycles. The average molecular weight is 193 g/mol. The number of ether oxygens (including phenoxy) is 1. The van der Waals surface area contributed by atoms with E-state index in [1.807, 2.05) is 13.0 Å². The molecular formula is C10H15N3O. The van der Waals surface area contributed by atoms with Gasteiger partial charge in [-0.25, -0.2) is 0 Å². The molecule has 0 aromatic carbocycles. The number of anilines is 1. The number of hydrogen-bond donors (Lipinski definition) is 2. The SMILES string of the molecule is Cc1ncc(OC[C@@H]2CCN2)cc1N. The van der Waals surface area contributed by atoms with E-state index in [0.29, 0.717) is 18.3 Å². The number of hydrogen-bond acceptors (Lipinski definition) is 4. The maximum Gasteiger partial charge on any atom is 0.139 e. The highest BCUT2D eigenvalue weighted by Gasteiger charge is 2.16. The van der Waals surface area contributed by atoms with Crippen molar-refractivity contribution in [2.45, 2.75) is 19.4 Å². The van der Waals surface area contributed by atoms with E-state index in [1.54, 1.807) is 6.20 Å². The van der Waals surface area contributed by atoms with Crippen LogP contribution in [0.15, 0.2) is 12.3 Å². The van der Waals surface area contributed by atoms with Crippen molar-refractivity contribution in [1.82, 2.24) is 10.3 Å². The summed E-state index contributed by atoms with van der Waals surface area (Å²) in [6, 6.07) is 2.32. The summed E-state index contributed by atoms with van der Waals surface area (Å²) in [6.45, 7) is 3.68. The molecule has 0 saturated carbocycles. The van der Waals surface area contributed by atoms with Crippen LogP contribution in [0.1, 0.15) is 12.1 Å². The van der Waals surface area contributed by atoms with Gasteiger partial charge in [-0.2, -0.15) is 0 Å². The number of nitrogen functional groups attached to an aromatic ring is 1. The van der Waals surface area contributed by atoms with Crippen LogP contribution in [0.5, 0.6) is 5.75 Å². The summed E-state index contributed by atoms with van der Waals surface area (Å²) in [7, 11) is 0. The summed E-state index contributed by atoms with van der Waals surface area (Å²) < 4.78 is 5.54. The molecule has 0 spiro atoms. The van der Waals surface area contributed by atoms with E-state index in [2.05, 4.69) is 10.3 Å². The van der Waals surface area contributed by atoms with Gasteiger partial charge in [0, 0.05) is 12.1 Å². The second-order valence-electron chi connectivity index (χ2n) is 3.60. The third-order valence-electron chi connectivity index (χ3n) is 2.48. The lowest BCUT2D eigenvalue weighted by atomic mass is 10.1. The fourth-order valence-electron chi connectivity index (χ4n) is 1.30.